The van der Waals surface area contributed by atoms with Crippen LogP contribution in [0.2, 0.25) is 0 Å². The summed E-state index contributed by atoms with van der Waals surface area (Å²) in [4.78, 5) is 13.5. The molecule has 0 aliphatic carbocycles. The molecule has 1 aromatic rings. The van der Waals surface area contributed by atoms with Gasteiger partial charge in [0.2, 0.25) is 0 Å². The third kappa shape index (κ3) is 7.38. The van der Waals surface area contributed by atoms with Crippen molar-refractivity contribution in [2.24, 2.45) is 5.92 Å². The Morgan fingerprint density at radius 1 is 1.28 bits per heavy atom. The van der Waals surface area contributed by atoms with Crippen LogP contribution in [0.3, 0.4) is 0 Å². The first-order valence-corrected chi connectivity index (χ1v) is 9.22. The minimum absolute atomic E-state index is 0.522. The number of rotatable bonds is 9. The van der Waals surface area contributed by atoms with Gasteiger partial charge in [0.1, 0.15) is 0 Å². The van der Waals surface area contributed by atoms with Crippen molar-refractivity contribution in [3.63, 3.8) is 0 Å². The summed E-state index contributed by atoms with van der Waals surface area (Å²) in [7, 11) is 0. The zero-order chi connectivity index (χ0) is 17.9. The number of benzene rings is 1. The van der Waals surface area contributed by atoms with Gasteiger partial charge in [0.25, 0.3) is 5.91 Å². The van der Waals surface area contributed by atoms with Crippen molar-refractivity contribution in [1.82, 2.24) is 10.4 Å². The summed E-state index contributed by atoms with van der Waals surface area (Å²) in [6.45, 7) is 7.27. The molecule has 25 heavy (non-hydrogen) atoms. The molecule has 1 aromatic carbocycles. The molecule has 1 fully saturated rings. The van der Waals surface area contributed by atoms with Crippen LogP contribution in [-0.4, -0.2) is 42.3 Å². The first-order valence-electron chi connectivity index (χ1n) is 9.22. The zero-order valence-electron chi connectivity index (χ0n) is 15.1. The molecule has 1 aliphatic rings. The smallest absolute Gasteiger partial charge is 0.267 e. The lowest BCUT2D eigenvalue weighted by atomic mass is 9.96. The summed E-state index contributed by atoms with van der Waals surface area (Å²) in [5.41, 5.74) is 3.81. The third-order valence-corrected chi connectivity index (χ3v) is 4.66. The second-order valence-corrected chi connectivity index (χ2v) is 6.67. The maximum atomic E-state index is 11.0. The molecule has 2 rings (SSSR count). The van der Waals surface area contributed by atoms with E-state index in [1.807, 2.05) is 12.1 Å². The van der Waals surface area contributed by atoms with Crippen molar-refractivity contribution in [3.05, 3.63) is 41.5 Å². The Kier molecular flexibility index (Phi) is 8.66. The number of hydrogen-bond donors (Lipinski definition) is 2. The normalized spacial score (nSPS) is 15.8. The van der Waals surface area contributed by atoms with E-state index in [2.05, 4.69) is 24.0 Å². The molecule has 0 aromatic heterocycles. The number of ether oxygens (including phenoxy) is 1. The van der Waals surface area contributed by atoms with Crippen LogP contribution in [0, 0.1) is 5.92 Å². The van der Waals surface area contributed by atoms with Gasteiger partial charge in [0.15, 0.2) is 0 Å². The van der Waals surface area contributed by atoms with Gasteiger partial charge < -0.3 is 4.74 Å². The van der Waals surface area contributed by atoms with Crippen LogP contribution in [0.4, 0.5) is 0 Å². The van der Waals surface area contributed by atoms with E-state index >= 15 is 0 Å². The van der Waals surface area contributed by atoms with Crippen molar-refractivity contribution in [3.8, 4) is 0 Å². The Bertz CT molecular complexity index is 536. The lowest BCUT2D eigenvalue weighted by Crippen LogP contribution is -2.28. The molecule has 0 saturated carbocycles. The number of nitrogens with one attached hydrogen (secondary N) is 1. The van der Waals surface area contributed by atoms with E-state index < -0.39 is 5.91 Å². The second kappa shape index (κ2) is 11.0. The van der Waals surface area contributed by atoms with Crippen LogP contribution in [0.5, 0.6) is 0 Å². The van der Waals surface area contributed by atoms with Crippen molar-refractivity contribution >= 4 is 12.0 Å². The van der Waals surface area contributed by atoms with Gasteiger partial charge in [-0.1, -0.05) is 31.2 Å². The maximum Gasteiger partial charge on any atom is 0.267 e. The van der Waals surface area contributed by atoms with Crippen molar-refractivity contribution in [2.75, 3.05) is 26.3 Å². The fraction of sp³-hybridized carbons (Fsp3) is 0.550. The number of nitrogens with zero attached hydrogens (tertiary/aromatic N) is 1. The standard InChI is InChI=1S/C20H30N2O3/c1-2-12-22(13-9-18-10-14-25-15-11-18)16-19-5-3-17(4-6-19)7-8-20(23)21-24/h3-8,18,24H,2,9-16H2,1H3,(H,21,23)/b8-7+. The van der Waals surface area contributed by atoms with Gasteiger partial charge in [-0.25, -0.2) is 5.48 Å². The highest BCUT2D eigenvalue weighted by Gasteiger charge is 2.15. The van der Waals surface area contributed by atoms with Crippen LogP contribution < -0.4 is 5.48 Å². The average molecular weight is 346 g/mol. The highest BCUT2D eigenvalue weighted by molar-refractivity contribution is 5.90. The highest BCUT2D eigenvalue weighted by Crippen LogP contribution is 2.19. The summed E-state index contributed by atoms with van der Waals surface area (Å²) in [6.07, 6.45) is 7.80. The first kappa shape index (κ1) is 19.6. The Hall–Kier alpha value is -1.69. The molecule has 5 heteroatoms. The molecule has 1 aliphatic heterocycles. The van der Waals surface area contributed by atoms with E-state index in [9.17, 15) is 4.79 Å². The summed E-state index contributed by atoms with van der Waals surface area (Å²) >= 11 is 0. The number of amides is 1. The molecule has 0 bridgehead atoms. The first-order chi connectivity index (χ1) is 12.2. The summed E-state index contributed by atoms with van der Waals surface area (Å²) in [5.74, 6) is 0.282. The van der Waals surface area contributed by atoms with Crippen LogP contribution >= 0.6 is 0 Å². The van der Waals surface area contributed by atoms with Crippen molar-refractivity contribution in [2.45, 2.75) is 39.2 Å². The van der Waals surface area contributed by atoms with Crippen LogP contribution in [0.15, 0.2) is 30.3 Å². The van der Waals surface area contributed by atoms with Crippen molar-refractivity contribution < 1.29 is 14.7 Å². The van der Waals surface area contributed by atoms with Crippen LogP contribution in [-0.2, 0) is 16.1 Å². The van der Waals surface area contributed by atoms with E-state index in [1.54, 1.807) is 11.6 Å². The summed E-state index contributed by atoms with van der Waals surface area (Å²) in [6, 6.07) is 8.21. The number of hydrogen-bond acceptors (Lipinski definition) is 4. The van der Waals surface area contributed by atoms with E-state index in [0.717, 1.165) is 50.8 Å². The highest BCUT2D eigenvalue weighted by atomic mass is 16.5. The number of carbonyl (C=O) groups is 1. The van der Waals surface area contributed by atoms with E-state index in [0.29, 0.717) is 0 Å². The van der Waals surface area contributed by atoms with Gasteiger partial charge in [-0.3, -0.25) is 14.9 Å². The molecular formula is C20H30N2O3. The Balaban J connectivity index is 1.85. The van der Waals surface area contributed by atoms with E-state index in [1.165, 1.54) is 30.9 Å². The van der Waals surface area contributed by atoms with Gasteiger partial charge in [0.05, 0.1) is 0 Å². The molecule has 1 saturated heterocycles. The Morgan fingerprint density at radius 2 is 2.00 bits per heavy atom. The van der Waals surface area contributed by atoms with Gasteiger partial charge in [-0.15, -0.1) is 0 Å². The fourth-order valence-electron chi connectivity index (χ4n) is 3.19. The predicted molar refractivity (Wildman–Crippen MR) is 99.1 cm³/mol. The van der Waals surface area contributed by atoms with Crippen LogP contribution in [0.1, 0.15) is 43.7 Å². The number of hydroxylamine groups is 1. The van der Waals surface area contributed by atoms with Crippen molar-refractivity contribution in [1.29, 1.82) is 0 Å². The molecule has 138 valence electrons. The largest absolute Gasteiger partial charge is 0.381 e. The van der Waals surface area contributed by atoms with Gasteiger partial charge in [0, 0.05) is 25.8 Å². The molecule has 0 atom stereocenters. The molecule has 1 heterocycles. The third-order valence-electron chi connectivity index (χ3n) is 4.66. The minimum atomic E-state index is -0.522. The van der Waals surface area contributed by atoms with Crippen LogP contribution in [0.25, 0.3) is 6.08 Å². The predicted octanol–water partition coefficient (Wildman–Crippen LogP) is 3.23. The molecule has 0 radical (unpaired) electrons. The zero-order valence-corrected chi connectivity index (χ0v) is 15.1. The Morgan fingerprint density at radius 3 is 2.64 bits per heavy atom. The lowest BCUT2D eigenvalue weighted by molar-refractivity contribution is -0.124. The summed E-state index contributed by atoms with van der Waals surface area (Å²) < 4.78 is 5.44. The average Bonchev–Trinajstić information content (AvgIpc) is 2.66. The van der Waals surface area contributed by atoms with E-state index in [4.69, 9.17) is 9.94 Å². The van der Waals surface area contributed by atoms with Gasteiger partial charge in [-0.2, -0.15) is 0 Å². The molecular weight excluding hydrogens is 316 g/mol. The van der Waals surface area contributed by atoms with Gasteiger partial charge in [-0.05, 0) is 61.9 Å². The maximum absolute atomic E-state index is 11.0. The topological polar surface area (TPSA) is 61.8 Å². The molecule has 0 spiro atoms. The quantitative estimate of drug-likeness (QED) is 0.409. The SMILES string of the molecule is CCCN(CCC1CCOCC1)Cc1ccc(/C=C/C(=O)NO)cc1. The Labute approximate surface area is 150 Å². The monoisotopic (exact) mass is 346 g/mol. The van der Waals surface area contributed by atoms with E-state index in [-0.39, 0.29) is 0 Å². The summed E-state index contributed by atoms with van der Waals surface area (Å²) in [5, 5.41) is 8.49. The molecule has 5 nitrogen and oxygen atoms in total. The number of carbonyl (C=O) groups excluding carboxylic acids is 1. The lowest BCUT2D eigenvalue weighted by Gasteiger charge is -2.27. The molecule has 2 N–H and O–H groups in total. The molecule has 1 amide bonds. The fourth-order valence-corrected chi connectivity index (χ4v) is 3.19. The van der Waals surface area contributed by atoms with Gasteiger partial charge >= 0.3 is 0 Å². The second-order valence-electron chi connectivity index (χ2n) is 6.67. The minimum Gasteiger partial charge on any atom is -0.381 e. The molecule has 0 unspecified atom stereocenters.